The van der Waals surface area contributed by atoms with Gasteiger partial charge in [0.05, 0.1) is 57.1 Å². The number of halogens is 5. The van der Waals surface area contributed by atoms with Gasteiger partial charge in [0.1, 0.15) is 0 Å². The number of Topliss-reactive ketones (excluding diaryl/α,β-unsaturated/α-hetero) is 1. The van der Waals surface area contributed by atoms with E-state index in [0.717, 1.165) is 10.9 Å². The van der Waals surface area contributed by atoms with Crippen LogP contribution >= 0.6 is 23.2 Å². The SMILES string of the molecule is C[C@@H]1C[C@H](n2ncc(C(=O)N[C@H](CC(=O)c3c(Cl)cncc3Cl)C34CCC(CC3)O4)c2C(F)(F)F)CCC1C(=O)O. The van der Waals surface area contributed by atoms with Gasteiger partial charge in [0, 0.05) is 18.8 Å². The number of carbonyl (C=O) groups is 3. The number of hydrogen-bond donors (Lipinski definition) is 2. The maximum absolute atomic E-state index is 14.4. The van der Waals surface area contributed by atoms with E-state index in [2.05, 4.69) is 15.4 Å². The van der Waals surface area contributed by atoms with E-state index in [1.165, 1.54) is 12.4 Å². The molecule has 0 aromatic carbocycles. The van der Waals surface area contributed by atoms with Crippen molar-refractivity contribution >= 4 is 40.9 Å². The number of ketones is 1. The van der Waals surface area contributed by atoms with E-state index in [1.54, 1.807) is 6.92 Å². The van der Waals surface area contributed by atoms with E-state index in [-0.39, 0.29) is 53.3 Å². The summed E-state index contributed by atoms with van der Waals surface area (Å²) in [5, 5.41) is 16.1. The van der Waals surface area contributed by atoms with E-state index < -0.39 is 58.7 Å². The van der Waals surface area contributed by atoms with E-state index in [4.69, 9.17) is 27.9 Å². The van der Waals surface area contributed by atoms with Gasteiger partial charge in [-0.15, -0.1) is 0 Å². The van der Waals surface area contributed by atoms with Crippen LogP contribution in [0.4, 0.5) is 13.2 Å². The van der Waals surface area contributed by atoms with Gasteiger partial charge in [-0.25, -0.2) is 0 Å². The number of ether oxygens (including phenoxy) is 1. The number of carbonyl (C=O) groups excluding carboxylic acids is 2. The molecule has 2 aromatic rings. The number of nitrogens with zero attached hydrogens (tertiary/aromatic N) is 3. The molecule has 4 heterocycles. The molecule has 1 unspecified atom stereocenters. The van der Waals surface area contributed by atoms with Crippen LogP contribution in [0.5, 0.6) is 0 Å². The number of aromatic nitrogens is 3. The van der Waals surface area contributed by atoms with Gasteiger partial charge in [-0.3, -0.25) is 24.0 Å². The minimum absolute atomic E-state index is 0.0152. The summed E-state index contributed by atoms with van der Waals surface area (Å²) in [6, 6.07) is -1.68. The molecule has 3 aliphatic rings. The summed E-state index contributed by atoms with van der Waals surface area (Å²) < 4.78 is 50.2. The molecule has 14 heteroatoms. The first-order valence-electron chi connectivity index (χ1n) is 13.5. The van der Waals surface area contributed by atoms with E-state index >= 15 is 0 Å². The molecule has 2 saturated heterocycles. The molecule has 1 saturated carbocycles. The van der Waals surface area contributed by atoms with Crippen LogP contribution in [0.3, 0.4) is 0 Å². The molecule has 2 N–H and O–H groups in total. The molecule has 3 fully saturated rings. The quantitative estimate of drug-likeness (QED) is 0.362. The number of carboxylic acid groups (broad SMARTS) is 1. The molecular formula is C27H29Cl2F3N4O5. The summed E-state index contributed by atoms with van der Waals surface area (Å²) in [6.07, 6.45) is 1.17. The monoisotopic (exact) mass is 616 g/mol. The summed E-state index contributed by atoms with van der Waals surface area (Å²) in [5.74, 6) is -3.54. The minimum Gasteiger partial charge on any atom is -0.481 e. The first-order chi connectivity index (χ1) is 19.3. The highest BCUT2D eigenvalue weighted by Gasteiger charge is 2.53. The minimum atomic E-state index is -4.92. The molecule has 0 radical (unpaired) electrons. The van der Waals surface area contributed by atoms with Gasteiger partial charge in [-0.05, 0) is 50.9 Å². The number of amides is 1. The molecule has 2 aromatic heterocycles. The van der Waals surface area contributed by atoms with Gasteiger partial charge in [-0.2, -0.15) is 18.3 Å². The number of nitrogens with one attached hydrogen (secondary N) is 1. The van der Waals surface area contributed by atoms with Crippen molar-refractivity contribution in [3.63, 3.8) is 0 Å². The van der Waals surface area contributed by atoms with Crippen molar-refractivity contribution in [3.8, 4) is 0 Å². The summed E-state index contributed by atoms with van der Waals surface area (Å²) in [4.78, 5) is 42.2. The Hall–Kier alpha value is -2.70. The molecule has 4 atom stereocenters. The van der Waals surface area contributed by atoms with Crippen LogP contribution in [0.2, 0.25) is 10.0 Å². The number of fused-ring (bicyclic) bond motifs is 2. The second-order valence-corrected chi connectivity index (χ2v) is 12.1. The molecule has 222 valence electrons. The van der Waals surface area contributed by atoms with Crippen LogP contribution in [0, 0.1) is 11.8 Å². The molecule has 1 aliphatic carbocycles. The van der Waals surface area contributed by atoms with Gasteiger partial charge in [-0.1, -0.05) is 30.1 Å². The number of alkyl halides is 3. The third-order valence-corrected chi connectivity index (χ3v) is 9.33. The van der Waals surface area contributed by atoms with Crippen LogP contribution < -0.4 is 5.32 Å². The lowest BCUT2D eigenvalue weighted by molar-refractivity contribution is -0.148. The summed E-state index contributed by atoms with van der Waals surface area (Å²) in [5.41, 5.74) is -2.78. The first kappa shape index (κ1) is 29.8. The molecule has 0 spiro atoms. The fraction of sp³-hybridized carbons (Fsp3) is 0.593. The van der Waals surface area contributed by atoms with E-state index in [0.29, 0.717) is 25.7 Å². The zero-order valence-electron chi connectivity index (χ0n) is 22.1. The Bertz CT molecular complexity index is 1340. The molecule has 1 amide bonds. The Kier molecular flexibility index (Phi) is 8.12. The van der Waals surface area contributed by atoms with Gasteiger partial charge in [0.25, 0.3) is 5.91 Å². The lowest BCUT2D eigenvalue weighted by Gasteiger charge is -2.35. The number of pyridine rings is 1. The Labute approximate surface area is 243 Å². The topological polar surface area (TPSA) is 123 Å². The normalized spacial score (nSPS) is 28.4. The van der Waals surface area contributed by atoms with Gasteiger partial charge in [0.2, 0.25) is 0 Å². The highest BCUT2D eigenvalue weighted by Crippen LogP contribution is 2.47. The summed E-state index contributed by atoms with van der Waals surface area (Å²) >= 11 is 12.4. The molecule has 41 heavy (non-hydrogen) atoms. The molecular weight excluding hydrogens is 588 g/mol. The maximum Gasteiger partial charge on any atom is 0.433 e. The van der Waals surface area contributed by atoms with Crippen molar-refractivity contribution < 1.29 is 37.4 Å². The number of aliphatic carboxylic acids is 1. The number of rotatable bonds is 8. The molecule has 5 rings (SSSR count). The fourth-order valence-corrected chi connectivity index (χ4v) is 7.27. The second-order valence-electron chi connectivity index (χ2n) is 11.3. The highest BCUT2D eigenvalue weighted by atomic mass is 35.5. The van der Waals surface area contributed by atoms with Gasteiger partial charge < -0.3 is 15.2 Å². The zero-order chi connectivity index (χ0) is 29.7. The molecule has 2 bridgehead atoms. The van der Waals surface area contributed by atoms with Crippen molar-refractivity contribution in [1.29, 1.82) is 0 Å². The third kappa shape index (κ3) is 5.70. The second kappa shape index (κ2) is 11.2. The first-order valence-corrected chi connectivity index (χ1v) is 14.2. The van der Waals surface area contributed by atoms with Crippen molar-refractivity contribution in [3.05, 3.63) is 45.5 Å². The fourth-order valence-electron chi connectivity index (χ4n) is 6.69. The van der Waals surface area contributed by atoms with Crippen LogP contribution in [-0.4, -0.2) is 55.3 Å². The Morgan fingerprint density at radius 2 is 1.80 bits per heavy atom. The average molecular weight is 617 g/mol. The summed E-state index contributed by atoms with van der Waals surface area (Å²) in [7, 11) is 0. The predicted octanol–water partition coefficient (Wildman–Crippen LogP) is 5.75. The largest absolute Gasteiger partial charge is 0.481 e. The van der Waals surface area contributed by atoms with Crippen molar-refractivity contribution in [1.82, 2.24) is 20.1 Å². The van der Waals surface area contributed by atoms with E-state index in [9.17, 15) is 32.7 Å². The lowest BCUT2D eigenvalue weighted by Crippen LogP contribution is -2.52. The zero-order valence-corrected chi connectivity index (χ0v) is 23.6. The lowest BCUT2D eigenvalue weighted by atomic mass is 9.78. The van der Waals surface area contributed by atoms with Gasteiger partial charge >= 0.3 is 12.1 Å². The van der Waals surface area contributed by atoms with Crippen LogP contribution in [0.15, 0.2) is 18.6 Å². The molecule has 2 aliphatic heterocycles. The highest BCUT2D eigenvalue weighted by molar-refractivity contribution is 6.39. The number of hydrogen-bond acceptors (Lipinski definition) is 6. The number of carboxylic acids is 1. The van der Waals surface area contributed by atoms with Crippen LogP contribution in [-0.2, 0) is 15.7 Å². The van der Waals surface area contributed by atoms with Crippen molar-refractivity contribution in [2.75, 3.05) is 0 Å². The molecule has 9 nitrogen and oxygen atoms in total. The summed E-state index contributed by atoms with van der Waals surface area (Å²) in [6.45, 7) is 1.69. The van der Waals surface area contributed by atoms with Gasteiger partial charge in [0.15, 0.2) is 11.5 Å². The van der Waals surface area contributed by atoms with Crippen LogP contribution in [0.25, 0.3) is 0 Å². The van der Waals surface area contributed by atoms with Crippen molar-refractivity contribution in [2.24, 2.45) is 11.8 Å². The smallest absolute Gasteiger partial charge is 0.433 e. The van der Waals surface area contributed by atoms with E-state index in [1.807, 2.05) is 0 Å². The Morgan fingerprint density at radius 3 is 2.34 bits per heavy atom. The van der Waals surface area contributed by atoms with Crippen molar-refractivity contribution in [2.45, 2.75) is 88.3 Å². The predicted molar refractivity (Wildman–Crippen MR) is 141 cm³/mol. The Morgan fingerprint density at radius 1 is 1.15 bits per heavy atom. The third-order valence-electron chi connectivity index (χ3n) is 8.76. The van der Waals surface area contributed by atoms with Crippen LogP contribution in [0.1, 0.15) is 90.7 Å². The Balaban J connectivity index is 1.44. The standard InChI is InChI=1S/C27H29Cl2F3N4O5/c1-13-8-14(2-3-16(13)25(39)40)36-23(27(30,31)32)17(10-34-36)24(38)35-21(26-6-4-15(41-26)5-7-26)9-20(37)22-18(28)11-33-12-19(22)29/h10-16,21H,2-9H2,1H3,(H,35,38)(H,39,40)/t13-,14-,15?,16?,21-,26?/m1/s1. The maximum atomic E-state index is 14.4. The average Bonchev–Trinajstić information content (AvgIpc) is 3.63.